The molecule has 0 aliphatic rings. The molecule has 112 valence electrons. The van der Waals surface area contributed by atoms with Crippen molar-refractivity contribution in [2.24, 2.45) is 0 Å². The van der Waals surface area contributed by atoms with E-state index in [2.05, 4.69) is 10.6 Å². The minimum Gasteiger partial charge on any atom is -0.473 e. The van der Waals surface area contributed by atoms with Gasteiger partial charge < -0.3 is 20.5 Å². The average Bonchev–Trinajstić information content (AvgIpc) is 2.42. The Balaban J connectivity index is 2.43. The molecule has 0 radical (unpaired) electrons. The zero-order chi connectivity index (χ0) is 15.1. The van der Waals surface area contributed by atoms with Gasteiger partial charge >= 0.3 is 6.03 Å². The van der Waals surface area contributed by atoms with E-state index in [1.807, 2.05) is 32.9 Å². The van der Waals surface area contributed by atoms with Gasteiger partial charge in [-0.3, -0.25) is 0 Å². The third-order valence-corrected chi connectivity index (χ3v) is 3.53. The molecule has 1 unspecified atom stereocenters. The van der Waals surface area contributed by atoms with Gasteiger partial charge in [-0.05, 0) is 43.5 Å². The Morgan fingerprint density at radius 2 is 2.00 bits per heavy atom. The van der Waals surface area contributed by atoms with Crippen LogP contribution < -0.4 is 15.4 Å². The number of halogens is 1. The van der Waals surface area contributed by atoms with E-state index in [0.29, 0.717) is 12.2 Å². The minimum absolute atomic E-state index is 0.0498. The Kier molecular flexibility index (Phi) is 6.61. The highest BCUT2D eigenvalue weighted by molar-refractivity contribution is 6.32. The molecular formula is C14H21ClN2O3. The van der Waals surface area contributed by atoms with Crippen molar-refractivity contribution in [3.63, 3.8) is 0 Å². The lowest BCUT2D eigenvalue weighted by Crippen LogP contribution is -2.44. The van der Waals surface area contributed by atoms with Crippen molar-refractivity contribution in [1.82, 2.24) is 10.6 Å². The van der Waals surface area contributed by atoms with E-state index in [9.17, 15) is 4.79 Å². The molecule has 20 heavy (non-hydrogen) atoms. The van der Waals surface area contributed by atoms with Crippen molar-refractivity contribution in [1.29, 1.82) is 0 Å². The number of rotatable bonds is 6. The van der Waals surface area contributed by atoms with Crippen LogP contribution in [-0.2, 0) is 0 Å². The lowest BCUT2D eigenvalue weighted by molar-refractivity contribution is 0.204. The molecule has 0 aliphatic carbocycles. The van der Waals surface area contributed by atoms with Crippen molar-refractivity contribution >= 4 is 17.6 Å². The first-order valence-electron chi connectivity index (χ1n) is 6.52. The number of ether oxygens (including phenoxy) is 1. The Morgan fingerprint density at radius 3 is 2.50 bits per heavy atom. The van der Waals surface area contributed by atoms with Gasteiger partial charge in [0, 0.05) is 5.02 Å². The van der Waals surface area contributed by atoms with Crippen LogP contribution in [0.15, 0.2) is 12.1 Å². The molecule has 2 amide bonds. The highest BCUT2D eigenvalue weighted by Gasteiger charge is 2.08. The summed E-state index contributed by atoms with van der Waals surface area (Å²) in [7, 11) is 0. The molecule has 5 nitrogen and oxygen atoms in total. The number of carbonyl (C=O) groups excluding carboxylic acids is 1. The van der Waals surface area contributed by atoms with Crippen molar-refractivity contribution in [2.45, 2.75) is 33.2 Å². The lowest BCUT2D eigenvalue weighted by atomic mass is 10.1. The largest absolute Gasteiger partial charge is 0.473 e. The number of aliphatic hydroxyl groups is 1. The fourth-order valence-corrected chi connectivity index (χ4v) is 1.80. The van der Waals surface area contributed by atoms with Crippen molar-refractivity contribution < 1.29 is 14.6 Å². The van der Waals surface area contributed by atoms with E-state index < -0.39 is 0 Å². The standard InChI is InChI=1S/C14H21ClN2O3/c1-4-11(7-18)17-14(19)16-8-20-12-5-9(2)13(15)10(3)6-12/h5-6,11,18H,4,7-8H2,1-3H3,(H2,16,17,19). The molecule has 1 atom stereocenters. The van der Waals surface area contributed by atoms with E-state index in [-0.39, 0.29) is 25.4 Å². The van der Waals surface area contributed by atoms with Gasteiger partial charge in [0.25, 0.3) is 0 Å². The first kappa shape index (κ1) is 16.6. The van der Waals surface area contributed by atoms with Crippen LogP contribution in [0.5, 0.6) is 5.75 Å². The highest BCUT2D eigenvalue weighted by atomic mass is 35.5. The second kappa shape index (κ2) is 7.97. The lowest BCUT2D eigenvalue weighted by Gasteiger charge is -2.15. The molecule has 0 fully saturated rings. The van der Waals surface area contributed by atoms with Crippen LogP contribution in [0.1, 0.15) is 24.5 Å². The van der Waals surface area contributed by atoms with E-state index >= 15 is 0 Å². The maximum atomic E-state index is 11.5. The van der Waals surface area contributed by atoms with Crippen LogP contribution >= 0.6 is 11.6 Å². The summed E-state index contributed by atoms with van der Waals surface area (Å²) in [4.78, 5) is 11.5. The SMILES string of the molecule is CCC(CO)NC(=O)NCOc1cc(C)c(Cl)c(C)c1. The number of amides is 2. The fraction of sp³-hybridized carbons (Fsp3) is 0.500. The smallest absolute Gasteiger partial charge is 0.317 e. The number of urea groups is 1. The molecule has 0 spiro atoms. The van der Waals surface area contributed by atoms with Gasteiger partial charge in [-0.25, -0.2) is 4.79 Å². The molecule has 0 saturated heterocycles. The fourth-order valence-electron chi connectivity index (χ4n) is 1.69. The quantitative estimate of drug-likeness (QED) is 0.706. The Morgan fingerprint density at radius 1 is 1.40 bits per heavy atom. The number of nitrogens with one attached hydrogen (secondary N) is 2. The summed E-state index contributed by atoms with van der Waals surface area (Å²) in [6.07, 6.45) is 0.667. The van der Waals surface area contributed by atoms with Crippen LogP contribution in [0.2, 0.25) is 5.02 Å². The van der Waals surface area contributed by atoms with E-state index in [1.54, 1.807) is 0 Å². The van der Waals surface area contributed by atoms with Crippen LogP contribution in [-0.4, -0.2) is 30.5 Å². The average molecular weight is 301 g/mol. The van der Waals surface area contributed by atoms with Gasteiger partial charge in [-0.2, -0.15) is 0 Å². The summed E-state index contributed by atoms with van der Waals surface area (Å²) in [5, 5.41) is 14.9. The molecule has 0 bridgehead atoms. The van der Waals surface area contributed by atoms with E-state index in [4.69, 9.17) is 21.4 Å². The summed E-state index contributed by atoms with van der Waals surface area (Å²) in [5.41, 5.74) is 1.86. The van der Waals surface area contributed by atoms with Gasteiger partial charge in [-0.1, -0.05) is 18.5 Å². The highest BCUT2D eigenvalue weighted by Crippen LogP contribution is 2.25. The first-order valence-corrected chi connectivity index (χ1v) is 6.90. The molecule has 0 heterocycles. The molecule has 0 aromatic heterocycles. The zero-order valence-electron chi connectivity index (χ0n) is 12.0. The predicted molar refractivity (Wildman–Crippen MR) is 79.3 cm³/mol. The zero-order valence-corrected chi connectivity index (χ0v) is 12.8. The minimum atomic E-state index is -0.367. The number of benzene rings is 1. The number of hydrogen-bond acceptors (Lipinski definition) is 3. The number of carbonyl (C=O) groups is 1. The maximum absolute atomic E-state index is 11.5. The molecule has 3 N–H and O–H groups in total. The molecule has 6 heteroatoms. The Bertz CT molecular complexity index is 439. The maximum Gasteiger partial charge on any atom is 0.317 e. The van der Waals surface area contributed by atoms with Gasteiger partial charge in [0.15, 0.2) is 6.73 Å². The van der Waals surface area contributed by atoms with Crippen LogP contribution in [0.3, 0.4) is 0 Å². The van der Waals surface area contributed by atoms with E-state index in [0.717, 1.165) is 16.1 Å². The number of aryl methyl sites for hydroxylation is 2. The van der Waals surface area contributed by atoms with Gasteiger partial charge in [-0.15, -0.1) is 0 Å². The summed E-state index contributed by atoms with van der Waals surface area (Å²) < 4.78 is 5.45. The topological polar surface area (TPSA) is 70.6 Å². The van der Waals surface area contributed by atoms with Crippen LogP contribution in [0.25, 0.3) is 0 Å². The summed E-state index contributed by atoms with van der Waals surface area (Å²) in [5.74, 6) is 0.652. The summed E-state index contributed by atoms with van der Waals surface area (Å²) in [6, 6.07) is 3.03. The third kappa shape index (κ3) is 4.90. The normalized spacial score (nSPS) is 11.8. The molecule has 1 aromatic carbocycles. The molecular weight excluding hydrogens is 280 g/mol. The first-order chi connectivity index (χ1) is 9.47. The predicted octanol–water partition coefficient (Wildman–Crippen LogP) is 2.36. The third-order valence-electron chi connectivity index (χ3n) is 2.93. The summed E-state index contributed by atoms with van der Waals surface area (Å²) >= 11 is 6.06. The van der Waals surface area contributed by atoms with Gasteiger partial charge in [0.2, 0.25) is 0 Å². The number of hydrogen-bond donors (Lipinski definition) is 3. The second-order valence-corrected chi connectivity index (χ2v) is 4.98. The molecule has 1 rings (SSSR count). The van der Waals surface area contributed by atoms with Crippen LogP contribution in [0.4, 0.5) is 4.79 Å². The van der Waals surface area contributed by atoms with E-state index in [1.165, 1.54) is 0 Å². The van der Waals surface area contributed by atoms with Gasteiger partial charge in [0.1, 0.15) is 5.75 Å². The van der Waals surface area contributed by atoms with Crippen LogP contribution in [0, 0.1) is 13.8 Å². The van der Waals surface area contributed by atoms with Gasteiger partial charge in [0.05, 0.1) is 12.6 Å². The molecule has 0 saturated carbocycles. The Hall–Kier alpha value is -1.46. The molecule has 1 aromatic rings. The van der Waals surface area contributed by atoms with Crippen molar-refractivity contribution in [3.05, 3.63) is 28.3 Å². The van der Waals surface area contributed by atoms with Crippen molar-refractivity contribution in [3.8, 4) is 5.75 Å². The summed E-state index contributed by atoms with van der Waals surface area (Å²) in [6.45, 7) is 5.65. The molecule has 0 aliphatic heterocycles. The monoisotopic (exact) mass is 300 g/mol. The second-order valence-electron chi connectivity index (χ2n) is 4.60. The number of aliphatic hydroxyl groups excluding tert-OH is 1. The van der Waals surface area contributed by atoms with Crippen molar-refractivity contribution in [2.75, 3.05) is 13.3 Å². The Labute approximate surface area is 124 Å².